The second-order valence-electron chi connectivity index (χ2n) is 6.41. The maximum atomic E-state index is 12.5. The van der Waals surface area contributed by atoms with Gasteiger partial charge in [0.25, 0.3) is 0 Å². The summed E-state index contributed by atoms with van der Waals surface area (Å²) in [7, 11) is 0. The van der Waals surface area contributed by atoms with Crippen molar-refractivity contribution in [2.75, 3.05) is 0 Å². The van der Waals surface area contributed by atoms with Crippen molar-refractivity contribution < 1.29 is 9.59 Å². The van der Waals surface area contributed by atoms with Gasteiger partial charge in [-0.25, -0.2) is 0 Å². The summed E-state index contributed by atoms with van der Waals surface area (Å²) in [6.45, 7) is 1.99. The first-order valence-corrected chi connectivity index (χ1v) is 7.89. The molecule has 3 atom stereocenters. The fraction of sp³-hybridized carbons (Fsp3) is 0.588. The van der Waals surface area contributed by atoms with Gasteiger partial charge in [-0.05, 0) is 50.3 Å². The van der Waals surface area contributed by atoms with E-state index in [4.69, 9.17) is 0 Å². The number of carbonyl (C=O) groups is 2. The minimum Gasteiger partial charge on any atom is -0.349 e. The maximum absolute atomic E-state index is 12.5. The predicted octanol–water partition coefficient (Wildman–Crippen LogP) is 2.65. The normalized spacial score (nSPS) is 29.8. The van der Waals surface area contributed by atoms with Gasteiger partial charge >= 0.3 is 0 Å². The third-order valence-electron chi connectivity index (χ3n) is 4.98. The number of hydrogen-bond acceptors (Lipinski definition) is 3. The van der Waals surface area contributed by atoms with Gasteiger partial charge in [-0.2, -0.15) is 0 Å². The summed E-state index contributed by atoms with van der Waals surface area (Å²) in [5.41, 5.74) is 1.06. The molecule has 2 saturated carbocycles. The zero-order valence-electron chi connectivity index (χ0n) is 12.4. The molecule has 1 aromatic rings. The van der Waals surface area contributed by atoms with Crippen LogP contribution >= 0.6 is 0 Å². The SMILES string of the molecule is CC(NC(=O)C1CC2CCCC(C1)C2=O)c1ccncc1. The quantitative estimate of drug-likeness (QED) is 0.929. The molecule has 21 heavy (non-hydrogen) atoms. The van der Waals surface area contributed by atoms with E-state index in [2.05, 4.69) is 10.3 Å². The van der Waals surface area contributed by atoms with Crippen LogP contribution in [0.2, 0.25) is 0 Å². The number of aromatic nitrogens is 1. The molecule has 2 aliphatic rings. The van der Waals surface area contributed by atoms with Gasteiger partial charge in [0.2, 0.25) is 5.91 Å². The molecule has 2 fully saturated rings. The van der Waals surface area contributed by atoms with Crippen molar-refractivity contribution in [2.45, 2.75) is 45.1 Å². The number of Topliss-reactive ketones (excluding diaryl/α,β-unsaturated/α-hetero) is 1. The average Bonchev–Trinajstić information content (AvgIpc) is 2.47. The predicted molar refractivity (Wildman–Crippen MR) is 79.4 cm³/mol. The highest BCUT2D eigenvalue weighted by atomic mass is 16.2. The number of carbonyl (C=O) groups excluding carboxylic acids is 2. The summed E-state index contributed by atoms with van der Waals surface area (Å²) in [4.78, 5) is 28.6. The van der Waals surface area contributed by atoms with Crippen LogP contribution in [0.5, 0.6) is 0 Å². The monoisotopic (exact) mass is 286 g/mol. The van der Waals surface area contributed by atoms with Crippen molar-refractivity contribution in [1.29, 1.82) is 0 Å². The van der Waals surface area contributed by atoms with Crippen LogP contribution in [0, 0.1) is 17.8 Å². The molecule has 0 aromatic carbocycles. The molecule has 2 aliphatic carbocycles. The smallest absolute Gasteiger partial charge is 0.223 e. The molecule has 3 unspecified atom stereocenters. The molecule has 112 valence electrons. The lowest BCUT2D eigenvalue weighted by molar-refractivity contribution is -0.137. The lowest BCUT2D eigenvalue weighted by Crippen LogP contribution is -2.43. The molecule has 1 amide bonds. The zero-order valence-corrected chi connectivity index (χ0v) is 12.4. The topological polar surface area (TPSA) is 59.1 Å². The number of nitrogens with one attached hydrogen (secondary N) is 1. The second kappa shape index (κ2) is 5.96. The molecule has 1 N–H and O–H groups in total. The molecule has 1 heterocycles. The van der Waals surface area contributed by atoms with Crippen molar-refractivity contribution >= 4 is 11.7 Å². The largest absolute Gasteiger partial charge is 0.349 e. The fourth-order valence-corrected chi connectivity index (χ4v) is 3.76. The van der Waals surface area contributed by atoms with Crippen LogP contribution in [-0.4, -0.2) is 16.7 Å². The highest BCUT2D eigenvalue weighted by Crippen LogP contribution is 2.40. The summed E-state index contributed by atoms with van der Waals surface area (Å²) >= 11 is 0. The minimum atomic E-state index is -0.0158. The van der Waals surface area contributed by atoms with E-state index >= 15 is 0 Å². The Balaban J connectivity index is 1.62. The van der Waals surface area contributed by atoms with Gasteiger partial charge in [-0.3, -0.25) is 14.6 Å². The van der Waals surface area contributed by atoms with E-state index in [1.165, 1.54) is 0 Å². The Hall–Kier alpha value is -1.71. The highest BCUT2D eigenvalue weighted by molar-refractivity contribution is 5.88. The Labute approximate surface area is 125 Å². The lowest BCUT2D eigenvalue weighted by Gasteiger charge is -2.37. The lowest BCUT2D eigenvalue weighted by atomic mass is 9.67. The number of nitrogens with zero attached hydrogens (tertiary/aromatic N) is 1. The van der Waals surface area contributed by atoms with Crippen molar-refractivity contribution in [1.82, 2.24) is 10.3 Å². The first-order chi connectivity index (χ1) is 10.1. The van der Waals surface area contributed by atoms with Gasteiger partial charge < -0.3 is 5.32 Å². The van der Waals surface area contributed by atoms with Gasteiger partial charge in [0.1, 0.15) is 5.78 Å². The third-order valence-corrected chi connectivity index (χ3v) is 4.98. The second-order valence-corrected chi connectivity index (χ2v) is 6.41. The molecular formula is C17H22N2O2. The highest BCUT2D eigenvalue weighted by Gasteiger charge is 2.41. The molecular weight excluding hydrogens is 264 g/mol. The number of ketones is 1. The number of hydrogen-bond donors (Lipinski definition) is 1. The fourth-order valence-electron chi connectivity index (χ4n) is 3.76. The maximum Gasteiger partial charge on any atom is 0.223 e. The van der Waals surface area contributed by atoms with Gasteiger partial charge in [-0.1, -0.05) is 6.42 Å². The van der Waals surface area contributed by atoms with E-state index in [1.807, 2.05) is 19.1 Å². The third kappa shape index (κ3) is 2.99. The van der Waals surface area contributed by atoms with E-state index in [0.717, 1.165) is 37.7 Å². The molecule has 3 rings (SSSR count). The average molecular weight is 286 g/mol. The summed E-state index contributed by atoms with van der Waals surface area (Å²) in [6.07, 6.45) is 8.04. The zero-order chi connectivity index (χ0) is 14.8. The summed E-state index contributed by atoms with van der Waals surface area (Å²) < 4.78 is 0. The van der Waals surface area contributed by atoms with E-state index in [0.29, 0.717) is 5.78 Å². The van der Waals surface area contributed by atoms with Crippen LogP contribution in [0.25, 0.3) is 0 Å². The van der Waals surface area contributed by atoms with E-state index < -0.39 is 0 Å². The first-order valence-electron chi connectivity index (χ1n) is 7.89. The molecule has 4 heteroatoms. The number of rotatable bonds is 3. The molecule has 0 spiro atoms. The summed E-state index contributed by atoms with van der Waals surface area (Å²) in [5.74, 6) is 0.771. The molecule has 1 aromatic heterocycles. The standard InChI is InChI=1S/C17H22N2O2/c1-11(12-5-7-18-8-6-12)19-17(21)15-9-13-3-2-4-14(10-15)16(13)20/h5-8,11,13-15H,2-4,9-10H2,1H3,(H,19,21). The number of fused-ring (bicyclic) bond motifs is 2. The van der Waals surface area contributed by atoms with Crippen LogP contribution in [0.15, 0.2) is 24.5 Å². The van der Waals surface area contributed by atoms with Crippen molar-refractivity contribution in [3.63, 3.8) is 0 Å². The van der Waals surface area contributed by atoms with Gasteiger partial charge in [0, 0.05) is 30.1 Å². The Morgan fingerprint density at radius 1 is 1.24 bits per heavy atom. The Kier molecular flexibility index (Phi) is 4.04. The van der Waals surface area contributed by atoms with E-state index in [9.17, 15) is 9.59 Å². The summed E-state index contributed by atoms with van der Waals surface area (Å²) in [5, 5.41) is 3.09. The molecule has 0 radical (unpaired) electrons. The Morgan fingerprint density at radius 3 is 2.48 bits per heavy atom. The molecule has 2 bridgehead atoms. The van der Waals surface area contributed by atoms with Crippen molar-refractivity contribution in [3.05, 3.63) is 30.1 Å². The van der Waals surface area contributed by atoms with Crippen molar-refractivity contribution in [2.24, 2.45) is 17.8 Å². The van der Waals surface area contributed by atoms with Gasteiger partial charge in [0.05, 0.1) is 6.04 Å². The van der Waals surface area contributed by atoms with Crippen LogP contribution in [0.4, 0.5) is 0 Å². The Bertz CT molecular complexity index is 513. The molecule has 0 aliphatic heterocycles. The van der Waals surface area contributed by atoms with Gasteiger partial charge in [0.15, 0.2) is 0 Å². The molecule has 4 nitrogen and oxygen atoms in total. The van der Waals surface area contributed by atoms with E-state index in [1.54, 1.807) is 12.4 Å². The molecule has 0 saturated heterocycles. The first kappa shape index (κ1) is 14.2. The van der Waals surface area contributed by atoms with Crippen LogP contribution < -0.4 is 5.32 Å². The van der Waals surface area contributed by atoms with Crippen LogP contribution in [-0.2, 0) is 9.59 Å². The number of pyridine rings is 1. The Morgan fingerprint density at radius 2 is 1.86 bits per heavy atom. The van der Waals surface area contributed by atoms with E-state index in [-0.39, 0.29) is 29.7 Å². The number of amides is 1. The minimum absolute atomic E-state index is 0.00212. The van der Waals surface area contributed by atoms with Crippen molar-refractivity contribution in [3.8, 4) is 0 Å². The van der Waals surface area contributed by atoms with Gasteiger partial charge in [-0.15, -0.1) is 0 Å². The summed E-state index contributed by atoms with van der Waals surface area (Å²) in [6, 6.07) is 3.83. The van der Waals surface area contributed by atoms with Crippen LogP contribution in [0.3, 0.4) is 0 Å². The van der Waals surface area contributed by atoms with Crippen LogP contribution in [0.1, 0.15) is 50.6 Å².